The maximum absolute atomic E-state index is 12.0. The molecule has 2 rings (SSSR count). The van der Waals surface area contributed by atoms with Crippen LogP contribution in [0.3, 0.4) is 0 Å². The Balaban J connectivity index is 2.03. The number of nitrogen functional groups attached to an aromatic ring is 1. The van der Waals surface area contributed by atoms with Crippen LogP contribution in [0.4, 0.5) is 17.3 Å². The summed E-state index contributed by atoms with van der Waals surface area (Å²) in [4.78, 5) is 34.2. The fourth-order valence-electron chi connectivity index (χ4n) is 1.85. The van der Waals surface area contributed by atoms with E-state index in [4.69, 9.17) is 10.5 Å². The Morgan fingerprint density at radius 1 is 1.46 bits per heavy atom. The predicted molar refractivity (Wildman–Crippen MR) is 82.3 cm³/mol. The lowest BCUT2D eigenvalue weighted by molar-refractivity contribution is -0.384. The number of nitrogens with zero attached hydrogens (tertiary/aromatic N) is 2. The second kappa shape index (κ2) is 6.77. The standard InChI is InChI=1S/C14H14N4O6/c1-7-11(12(15)24-17-7)14(20)23-8(2)13(19)16-9-4-3-5-10(6-9)18(21)22/h3-6,8H,15H2,1-2H3,(H,16,19). The fraction of sp³-hybridized carbons (Fsp3) is 0.214. The molecule has 3 N–H and O–H groups in total. The van der Waals surface area contributed by atoms with Crippen molar-refractivity contribution in [1.29, 1.82) is 0 Å². The molecule has 0 aliphatic carbocycles. The summed E-state index contributed by atoms with van der Waals surface area (Å²) in [5.41, 5.74) is 5.69. The van der Waals surface area contributed by atoms with Crippen molar-refractivity contribution in [2.75, 3.05) is 11.1 Å². The van der Waals surface area contributed by atoms with Crippen molar-refractivity contribution in [1.82, 2.24) is 5.16 Å². The molecule has 1 heterocycles. The van der Waals surface area contributed by atoms with Crippen LogP contribution in [-0.2, 0) is 9.53 Å². The largest absolute Gasteiger partial charge is 0.449 e. The number of nitro benzene ring substituents is 1. The second-order valence-electron chi connectivity index (χ2n) is 4.85. The van der Waals surface area contributed by atoms with Gasteiger partial charge in [0.15, 0.2) is 6.10 Å². The molecule has 1 aromatic heterocycles. The molecule has 0 radical (unpaired) electrons. The number of hydrogen-bond acceptors (Lipinski definition) is 8. The molecule has 1 aromatic carbocycles. The molecule has 0 saturated heterocycles. The lowest BCUT2D eigenvalue weighted by atomic mass is 10.2. The number of aryl methyl sites for hydroxylation is 1. The van der Waals surface area contributed by atoms with Gasteiger partial charge in [-0.3, -0.25) is 14.9 Å². The smallest absolute Gasteiger partial charge is 0.346 e. The molecule has 0 aliphatic heterocycles. The first kappa shape index (κ1) is 16.9. The lowest BCUT2D eigenvalue weighted by Crippen LogP contribution is -2.30. The molecular weight excluding hydrogens is 320 g/mol. The highest BCUT2D eigenvalue weighted by Gasteiger charge is 2.25. The summed E-state index contributed by atoms with van der Waals surface area (Å²) in [5.74, 6) is -1.71. The number of carbonyl (C=O) groups is 2. The van der Waals surface area contributed by atoms with Crippen LogP contribution in [0, 0.1) is 17.0 Å². The Morgan fingerprint density at radius 3 is 2.75 bits per heavy atom. The second-order valence-corrected chi connectivity index (χ2v) is 4.85. The molecule has 0 fully saturated rings. The molecule has 0 bridgehead atoms. The van der Waals surface area contributed by atoms with Crippen LogP contribution in [0.2, 0.25) is 0 Å². The maximum atomic E-state index is 12.0. The number of nitrogens with one attached hydrogen (secondary N) is 1. The van der Waals surface area contributed by atoms with Crippen LogP contribution < -0.4 is 11.1 Å². The van der Waals surface area contributed by atoms with Gasteiger partial charge in [-0.25, -0.2) is 4.79 Å². The lowest BCUT2D eigenvalue weighted by Gasteiger charge is -2.13. The number of ether oxygens (including phenoxy) is 1. The summed E-state index contributed by atoms with van der Waals surface area (Å²) >= 11 is 0. The van der Waals surface area contributed by atoms with Gasteiger partial charge in [0.05, 0.1) is 10.6 Å². The van der Waals surface area contributed by atoms with E-state index < -0.39 is 22.9 Å². The number of amides is 1. The first-order chi connectivity index (χ1) is 11.3. The molecule has 10 nitrogen and oxygen atoms in total. The van der Waals surface area contributed by atoms with E-state index in [2.05, 4.69) is 15.0 Å². The van der Waals surface area contributed by atoms with Gasteiger partial charge in [0.25, 0.3) is 11.6 Å². The quantitative estimate of drug-likeness (QED) is 0.476. The molecule has 0 aliphatic rings. The van der Waals surface area contributed by atoms with Crippen LogP contribution in [0.25, 0.3) is 0 Å². The van der Waals surface area contributed by atoms with Crippen molar-refractivity contribution >= 4 is 29.1 Å². The van der Waals surface area contributed by atoms with E-state index in [9.17, 15) is 19.7 Å². The van der Waals surface area contributed by atoms with Crippen molar-refractivity contribution < 1.29 is 23.8 Å². The zero-order chi connectivity index (χ0) is 17.9. The van der Waals surface area contributed by atoms with E-state index in [-0.39, 0.29) is 28.5 Å². The molecule has 10 heteroatoms. The van der Waals surface area contributed by atoms with Gasteiger partial charge in [-0.2, -0.15) is 0 Å². The zero-order valence-corrected chi connectivity index (χ0v) is 12.8. The van der Waals surface area contributed by atoms with E-state index in [0.717, 1.165) is 0 Å². The third kappa shape index (κ3) is 3.66. The normalized spacial score (nSPS) is 11.6. The van der Waals surface area contributed by atoms with Gasteiger partial charge in [-0.1, -0.05) is 11.2 Å². The summed E-state index contributed by atoms with van der Waals surface area (Å²) in [5, 5.41) is 16.7. The molecule has 2 aromatic rings. The first-order valence-corrected chi connectivity index (χ1v) is 6.77. The van der Waals surface area contributed by atoms with Gasteiger partial charge >= 0.3 is 5.97 Å². The van der Waals surface area contributed by atoms with Gasteiger partial charge in [0, 0.05) is 17.8 Å². The molecule has 0 saturated carbocycles. The van der Waals surface area contributed by atoms with E-state index >= 15 is 0 Å². The zero-order valence-electron chi connectivity index (χ0n) is 12.8. The number of rotatable bonds is 5. The molecule has 0 spiro atoms. The van der Waals surface area contributed by atoms with Crippen LogP contribution in [0.1, 0.15) is 23.0 Å². The number of non-ortho nitro benzene ring substituents is 1. The van der Waals surface area contributed by atoms with Crippen molar-refractivity contribution in [3.8, 4) is 0 Å². The SMILES string of the molecule is Cc1noc(N)c1C(=O)OC(C)C(=O)Nc1cccc([N+](=O)[O-])c1. The van der Waals surface area contributed by atoms with Crippen LogP contribution in [0.15, 0.2) is 28.8 Å². The Hall–Kier alpha value is -3.43. The molecule has 1 unspecified atom stereocenters. The van der Waals surface area contributed by atoms with Crippen molar-refractivity contribution in [2.45, 2.75) is 20.0 Å². The third-order valence-corrected chi connectivity index (χ3v) is 3.07. The minimum atomic E-state index is -1.16. The highest BCUT2D eigenvalue weighted by atomic mass is 16.6. The Morgan fingerprint density at radius 2 is 2.17 bits per heavy atom. The number of hydrogen-bond donors (Lipinski definition) is 2. The molecule has 1 amide bonds. The van der Waals surface area contributed by atoms with Gasteiger partial charge in [0.1, 0.15) is 5.56 Å². The third-order valence-electron chi connectivity index (χ3n) is 3.07. The van der Waals surface area contributed by atoms with Gasteiger partial charge < -0.3 is 20.3 Å². The number of nitrogens with two attached hydrogens (primary N) is 1. The number of aromatic nitrogens is 1. The van der Waals surface area contributed by atoms with Crippen LogP contribution in [0.5, 0.6) is 0 Å². The Labute approximate surface area is 135 Å². The Bertz CT molecular complexity index is 781. The monoisotopic (exact) mass is 334 g/mol. The summed E-state index contributed by atoms with van der Waals surface area (Å²) in [6, 6.07) is 5.37. The average molecular weight is 334 g/mol. The number of carbonyl (C=O) groups excluding carboxylic acids is 2. The summed E-state index contributed by atoms with van der Waals surface area (Å²) in [6.07, 6.45) is -1.16. The van der Waals surface area contributed by atoms with Gasteiger partial charge in [0.2, 0.25) is 5.88 Å². The maximum Gasteiger partial charge on any atom is 0.346 e. The van der Waals surface area contributed by atoms with Crippen LogP contribution >= 0.6 is 0 Å². The number of benzene rings is 1. The van der Waals surface area contributed by atoms with Crippen LogP contribution in [-0.4, -0.2) is 28.1 Å². The molecular formula is C14H14N4O6. The van der Waals surface area contributed by atoms with Crippen molar-refractivity contribution in [3.63, 3.8) is 0 Å². The number of anilines is 2. The van der Waals surface area contributed by atoms with Gasteiger partial charge in [-0.05, 0) is 19.9 Å². The number of nitro groups is 1. The average Bonchev–Trinajstić information content (AvgIpc) is 2.86. The van der Waals surface area contributed by atoms with E-state index in [1.54, 1.807) is 0 Å². The highest BCUT2D eigenvalue weighted by Crippen LogP contribution is 2.19. The minimum absolute atomic E-state index is 0.0509. The fourth-order valence-corrected chi connectivity index (χ4v) is 1.85. The highest BCUT2D eigenvalue weighted by molar-refractivity contribution is 5.99. The van der Waals surface area contributed by atoms with E-state index in [0.29, 0.717) is 0 Å². The van der Waals surface area contributed by atoms with Crippen molar-refractivity contribution in [2.24, 2.45) is 0 Å². The minimum Gasteiger partial charge on any atom is -0.449 e. The van der Waals surface area contributed by atoms with E-state index in [1.807, 2.05) is 0 Å². The summed E-state index contributed by atoms with van der Waals surface area (Å²) in [6.45, 7) is 2.86. The van der Waals surface area contributed by atoms with Crippen molar-refractivity contribution in [3.05, 3.63) is 45.6 Å². The topological polar surface area (TPSA) is 151 Å². The predicted octanol–water partition coefficient (Wildman–Crippen LogP) is 1.66. The van der Waals surface area contributed by atoms with E-state index in [1.165, 1.54) is 38.1 Å². The summed E-state index contributed by atoms with van der Waals surface area (Å²) in [7, 11) is 0. The first-order valence-electron chi connectivity index (χ1n) is 6.77. The number of esters is 1. The molecule has 24 heavy (non-hydrogen) atoms. The Kier molecular flexibility index (Phi) is 4.78. The molecule has 126 valence electrons. The van der Waals surface area contributed by atoms with Gasteiger partial charge in [-0.15, -0.1) is 0 Å². The molecule has 1 atom stereocenters. The summed E-state index contributed by atoms with van der Waals surface area (Å²) < 4.78 is 9.66.